The molecular weight excluding hydrogens is 305 g/mol. The lowest BCUT2D eigenvalue weighted by Gasteiger charge is -2.17. The van der Waals surface area contributed by atoms with Gasteiger partial charge in [0.15, 0.2) is 9.84 Å². The summed E-state index contributed by atoms with van der Waals surface area (Å²) in [4.78, 5) is 0. The number of hydrogen-bond donors (Lipinski definition) is 1. The second-order valence-electron chi connectivity index (χ2n) is 4.88. The number of rotatable bonds is 3. The molecule has 1 aliphatic rings. The van der Waals surface area contributed by atoms with Crippen LogP contribution in [0, 0.1) is 11.3 Å². The number of nitriles is 1. The monoisotopic (exact) mass is 318 g/mol. The molecule has 1 atom stereocenters. The molecule has 21 heavy (non-hydrogen) atoms. The van der Waals surface area contributed by atoms with Gasteiger partial charge in [-0.2, -0.15) is 18.4 Å². The van der Waals surface area contributed by atoms with Gasteiger partial charge in [0.25, 0.3) is 0 Å². The second-order valence-corrected chi connectivity index (χ2v) is 7.28. The fourth-order valence-electron chi connectivity index (χ4n) is 2.32. The lowest BCUT2D eigenvalue weighted by Crippen LogP contribution is -2.26. The van der Waals surface area contributed by atoms with E-state index in [-0.39, 0.29) is 23.5 Å². The highest BCUT2D eigenvalue weighted by atomic mass is 32.2. The Morgan fingerprint density at radius 3 is 2.62 bits per heavy atom. The van der Waals surface area contributed by atoms with Crippen LogP contribution in [0.2, 0.25) is 0 Å². The van der Waals surface area contributed by atoms with Crippen LogP contribution in [0.15, 0.2) is 18.2 Å². The predicted molar refractivity (Wildman–Crippen MR) is 71.5 cm³/mol. The van der Waals surface area contributed by atoms with E-state index in [9.17, 15) is 21.6 Å². The quantitative estimate of drug-likeness (QED) is 0.930. The fraction of sp³-hybridized carbons (Fsp3) is 0.462. The van der Waals surface area contributed by atoms with E-state index in [0.717, 1.165) is 18.2 Å². The smallest absolute Gasteiger partial charge is 0.383 e. The Morgan fingerprint density at radius 1 is 1.38 bits per heavy atom. The fourth-order valence-corrected chi connectivity index (χ4v) is 4.08. The van der Waals surface area contributed by atoms with Gasteiger partial charge in [0.2, 0.25) is 0 Å². The van der Waals surface area contributed by atoms with E-state index < -0.39 is 26.8 Å². The number of alkyl halides is 3. The molecule has 0 amide bonds. The molecule has 1 fully saturated rings. The van der Waals surface area contributed by atoms with Gasteiger partial charge in [-0.1, -0.05) is 0 Å². The summed E-state index contributed by atoms with van der Waals surface area (Å²) >= 11 is 0. The average Bonchev–Trinajstić information content (AvgIpc) is 2.73. The number of sulfone groups is 1. The summed E-state index contributed by atoms with van der Waals surface area (Å²) in [5.74, 6) is 0.0731. The molecule has 114 valence electrons. The molecule has 0 radical (unpaired) electrons. The number of halogens is 3. The topological polar surface area (TPSA) is 70.0 Å². The van der Waals surface area contributed by atoms with Gasteiger partial charge in [0, 0.05) is 12.2 Å². The molecule has 1 heterocycles. The molecule has 1 saturated heterocycles. The summed E-state index contributed by atoms with van der Waals surface area (Å²) in [6, 6.07) is 4.76. The second kappa shape index (κ2) is 5.56. The van der Waals surface area contributed by atoms with E-state index in [2.05, 4.69) is 5.32 Å². The first-order valence-corrected chi connectivity index (χ1v) is 8.02. The minimum atomic E-state index is -4.56. The SMILES string of the molecule is N#Cc1ccc(C(F)(F)F)c(NC[C@@H]2CCCS2(=O)=O)c1. The summed E-state index contributed by atoms with van der Waals surface area (Å²) in [6.45, 7) is -0.0830. The van der Waals surface area contributed by atoms with Crippen LogP contribution in [-0.4, -0.2) is 26.0 Å². The van der Waals surface area contributed by atoms with Crippen LogP contribution in [0.4, 0.5) is 18.9 Å². The molecule has 8 heteroatoms. The van der Waals surface area contributed by atoms with Crippen molar-refractivity contribution in [1.82, 2.24) is 0 Å². The molecule has 2 rings (SSSR count). The third kappa shape index (κ3) is 3.47. The molecule has 0 spiro atoms. The summed E-state index contributed by atoms with van der Waals surface area (Å²) in [5.41, 5.74) is -1.08. The van der Waals surface area contributed by atoms with Crippen LogP contribution in [0.25, 0.3) is 0 Å². The molecule has 0 unspecified atom stereocenters. The van der Waals surface area contributed by atoms with E-state index in [0.29, 0.717) is 12.8 Å². The van der Waals surface area contributed by atoms with Crippen molar-refractivity contribution in [2.75, 3.05) is 17.6 Å². The average molecular weight is 318 g/mol. The van der Waals surface area contributed by atoms with Crippen LogP contribution < -0.4 is 5.32 Å². The van der Waals surface area contributed by atoms with Crippen LogP contribution in [-0.2, 0) is 16.0 Å². The first kappa shape index (κ1) is 15.6. The number of anilines is 1. The minimum absolute atomic E-state index is 0.0731. The maximum absolute atomic E-state index is 12.9. The third-order valence-corrected chi connectivity index (χ3v) is 5.71. The van der Waals surface area contributed by atoms with E-state index in [1.807, 2.05) is 0 Å². The molecule has 4 nitrogen and oxygen atoms in total. The molecule has 0 bridgehead atoms. The van der Waals surface area contributed by atoms with Gasteiger partial charge >= 0.3 is 6.18 Å². The van der Waals surface area contributed by atoms with Crippen molar-refractivity contribution in [3.63, 3.8) is 0 Å². The zero-order chi connectivity index (χ0) is 15.7. The van der Waals surface area contributed by atoms with E-state index in [1.54, 1.807) is 6.07 Å². The van der Waals surface area contributed by atoms with E-state index in [4.69, 9.17) is 5.26 Å². The Labute approximate surface area is 120 Å². The van der Waals surface area contributed by atoms with Crippen LogP contribution >= 0.6 is 0 Å². The summed E-state index contributed by atoms with van der Waals surface area (Å²) < 4.78 is 62.0. The third-order valence-electron chi connectivity index (χ3n) is 3.44. The van der Waals surface area contributed by atoms with E-state index >= 15 is 0 Å². The van der Waals surface area contributed by atoms with Gasteiger partial charge in [0.05, 0.1) is 28.2 Å². The van der Waals surface area contributed by atoms with Crippen molar-refractivity contribution in [3.8, 4) is 6.07 Å². The van der Waals surface area contributed by atoms with Crippen LogP contribution in [0.3, 0.4) is 0 Å². The highest BCUT2D eigenvalue weighted by Crippen LogP contribution is 2.35. The molecule has 0 aliphatic carbocycles. The standard InChI is InChI=1S/C13H13F3N2O2S/c14-13(15,16)11-4-3-9(7-17)6-12(11)18-8-10-2-1-5-21(10,19)20/h3-4,6,10,18H,1-2,5,8H2/t10-/m0/s1. The molecule has 1 aromatic rings. The lowest BCUT2D eigenvalue weighted by molar-refractivity contribution is -0.136. The van der Waals surface area contributed by atoms with Crippen LogP contribution in [0.5, 0.6) is 0 Å². The van der Waals surface area contributed by atoms with Gasteiger partial charge in [0.1, 0.15) is 0 Å². The Bertz CT molecular complexity index is 678. The van der Waals surface area contributed by atoms with Gasteiger partial charge in [-0.05, 0) is 31.0 Å². The summed E-state index contributed by atoms with van der Waals surface area (Å²) in [6.07, 6.45) is -3.60. The summed E-state index contributed by atoms with van der Waals surface area (Å²) in [5, 5.41) is 10.6. The van der Waals surface area contributed by atoms with Crippen molar-refractivity contribution in [3.05, 3.63) is 29.3 Å². The molecule has 0 saturated carbocycles. The first-order chi connectivity index (χ1) is 9.74. The molecule has 1 aromatic carbocycles. The Balaban J connectivity index is 2.24. The molecule has 1 N–H and O–H groups in total. The van der Waals surface area contributed by atoms with Gasteiger partial charge in [-0.15, -0.1) is 0 Å². The highest BCUT2D eigenvalue weighted by Gasteiger charge is 2.35. The zero-order valence-electron chi connectivity index (χ0n) is 10.9. The predicted octanol–water partition coefficient (Wildman–Crippen LogP) is 2.57. The molecular formula is C13H13F3N2O2S. The normalized spacial score (nSPS) is 21.0. The van der Waals surface area contributed by atoms with E-state index in [1.165, 1.54) is 0 Å². The minimum Gasteiger partial charge on any atom is -0.383 e. The van der Waals surface area contributed by atoms with Gasteiger partial charge < -0.3 is 5.32 Å². The highest BCUT2D eigenvalue weighted by molar-refractivity contribution is 7.92. The number of nitrogens with one attached hydrogen (secondary N) is 1. The number of benzene rings is 1. The Morgan fingerprint density at radius 2 is 2.10 bits per heavy atom. The van der Waals surface area contributed by atoms with Crippen molar-refractivity contribution in [2.45, 2.75) is 24.3 Å². The van der Waals surface area contributed by atoms with Crippen molar-refractivity contribution in [2.24, 2.45) is 0 Å². The largest absolute Gasteiger partial charge is 0.418 e. The summed E-state index contributed by atoms with van der Waals surface area (Å²) in [7, 11) is -3.23. The van der Waals surface area contributed by atoms with Crippen molar-refractivity contribution in [1.29, 1.82) is 5.26 Å². The maximum Gasteiger partial charge on any atom is 0.418 e. The first-order valence-electron chi connectivity index (χ1n) is 6.31. The van der Waals surface area contributed by atoms with Crippen molar-refractivity contribution < 1.29 is 21.6 Å². The Kier molecular flexibility index (Phi) is 4.14. The number of hydrogen-bond acceptors (Lipinski definition) is 4. The van der Waals surface area contributed by atoms with Gasteiger partial charge in [-0.25, -0.2) is 8.42 Å². The van der Waals surface area contributed by atoms with Crippen LogP contribution in [0.1, 0.15) is 24.0 Å². The lowest BCUT2D eigenvalue weighted by atomic mass is 10.1. The zero-order valence-corrected chi connectivity index (χ0v) is 11.8. The molecule has 1 aliphatic heterocycles. The number of nitrogens with zero attached hydrogens (tertiary/aromatic N) is 1. The van der Waals surface area contributed by atoms with Gasteiger partial charge in [-0.3, -0.25) is 0 Å². The van der Waals surface area contributed by atoms with Crippen molar-refractivity contribution >= 4 is 15.5 Å². The maximum atomic E-state index is 12.9. The Hall–Kier alpha value is -1.75. The molecule has 0 aromatic heterocycles.